The van der Waals surface area contributed by atoms with Crippen LogP contribution in [-0.2, 0) is 20.1 Å². The van der Waals surface area contributed by atoms with Gasteiger partial charge in [-0.25, -0.2) is 9.97 Å². The van der Waals surface area contributed by atoms with Crippen molar-refractivity contribution < 1.29 is 9.53 Å². The lowest BCUT2D eigenvalue weighted by Crippen LogP contribution is -2.41. The van der Waals surface area contributed by atoms with Gasteiger partial charge in [-0.05, 0) is 79.8 Å². The Kier molecular flexibility index (Phi) is 6.34. The number of rotatable bonds is 8. The van der Waals surface area contributed by atoms with Gasteiger partial charge in [0.05, 0.1) is 24.0 Å². The fraction of sp³-hybridized carbons (Fsp3) is 0.471. The Bertz CT molecular complexity index is 1910. The van der Waals surface area contributed by atoms with Gasteiger partial charge in [-0.15, -0.1) is 0 Å². The number of ether oxygens (including phenoxy) is 1. The number of nitrogens with two attached hydrogens (primary N) is 1. The second-order valence-electron chi connectivity index (χ2n) is 13.5. The second-order valence-corrected chi connectivity index (χ2v) is 13.5. The molecule has 5 aromatic rings. The average molecular weight is 593 g/mol. The van der Waals surface area contributed by atoms with Crippen molar-refractivity contribution in [2.75, 3.05) is 13.7 Å². The van der Waals surface area contributed by atoms with Crippen molar-refractivity contribution in [1.82, 2.24) is 33.8 Å². The molecule has 10 heteroatoms. The first-order valence-electron chi connectivity index (χ1n) is 15.9. The van der Waals surface area contributed by atoms with E-state index in [0.717, 1.165) is 77.4 Å². The molecule has 1 saturated heterocycles. The Hall–Kier alpha value is -4.18. The highest BCUT2D eigenvalue weighted by atomic mass is 16.5. The van der Waals surface area contributed by atoms with E-state index >= 15 is 0 Å². The quantitative estimate of drug-likeness (QED) is 0.269. The van der Waals surface area contributed by atoms with Crippen LogP contribution < -0.4 is 10.5 Å². The Morgan fingerprint density at radius 3 is 2.61 bits per heavy atom. The highest BCUT2D eigenvalue weighted by Gasteiger charge is 2.47. The predicted octanol–water partition coefficient (Wildman–Crippen LogP) is 5.09. The van der Waals surface area contributed by atoms with Crippen molar-refractivity contribution in [3.63, 3.8) is 0 Å². The largest absolute Gasteiger partial charge is 0.494 e. The van der Waals surface area contributed by atoms with E-state index in [-0.39, 0.29) is 18.0 Å². The summed E-state index contributed by atoms with van der Waals surface area (Å²) in [5.74, 6) is 3.03. The van der Waals surface area contributed by atoms with Crippen molar-refractivity contribution in [1.29, 1.82) is 0 Å². The van der Waals surface area contributed by atoms with Crippen molar-refractivity contribution in [2.45, 2.75) is 64.7 Å². The molecule has 5 heterocycles. The molecule has 1 aromatic carbocycles. The Balaban J connectivity index is 1.21. The first-order valence-corrected chi connectivity index (χ1v) is 15.9. The van der Waals surface area contributed by atoms with Gasteiger partial charge in [-0.1, -0.05) is 13.8 Å². The van der Waals surface area contributed by atoms with Crippen LogP contribution in [0.25, 0.3) is 45.0 Å². The van der Waals surface area contributed by atoms with Crippen LogP contribution in [0.3, 0.4) is 0 Å². The average Bonchev–Trinajstić information content (AvgIpc) is 3.29. The highest BCUT2D eigenvalue weighted by Crippen LogP contribution is 2.40. The Morgan fingerprint density at radius 1 is 1.07 bits per heavy atom. The summed E-state index contributed by atoms with van der Waals surface area (Å²) in [4.78, 5) is 26.0. The fourth-order valence-electron chi connectivity index (χ4n) is 7.44. The molecule has 10 nitrogen and oxygen atoms in total. The number of hydrogen-bond acceptors (Lipinski definition) is 6. The van der Waals surface area contributed by atoms with Gasteiger partial charge in [-0.3, -0.25) is 9.48 Å². The van der Waals surface area contributed by atoms with E-state index in [1.54, 1.807) is 7.11 Å². The SMILES string of the molecule is COc1cc(C(=O)N2C[C@H]3CC[C@@H]2[C@@H]3N)cc2nc(-c3cc4ccc(-c5ccn(CC(C)C)n5)nc4n3CC3CC3)n(C)c12. The molecular formula is C34H40N8O2. The maximum absolute atomic E-state index is 13.7. The normalized spacial score (nSPS) is 21.4. The number of hydrogen-bond donors (Lipinski definition) is 1. The van der Waals surface area contributed by atoms with Crippen LogP contribution in [0.15, 0.2) is 42.6 Å². The fourth-order valence-corrected chi connectivity index (χ4v) is 7.44. The lowest BCUT2D eigenvalue weighted by Gasteiger charge is -2.27. The molecule has 3 atom stereocenters. The number of pyridine rings is 1. The molecule has 1 amide bonds. The Labute approximate surface area is 256 Å². The molecule has 4 aromatic heterocycles. The smallest absolute Gasteiger partial charge is 0.254 e. The first-order chi connectivity index (χ1) is 21.3. The topological polar surface area (TPSA) is 109 Å². The van der Waals surface area contributed by atoms with E-state index in [0.29, 0.717) is 29.1 Å². The summed E-state index contributed by atoms with van der Waals surface area (Å²) in [6, 6.07) is 12.4. The molecule has 0 unspecified atom stereocenters. The van der Waals surface area contributed by atoms with Gasteiger partial charge in [0.25, 0.3) is 5.91 Å². The molecule has 1 aliphatic heterocycles. The van der Waals surface area contributed by atoms with Crippen molar-refractivity contribution in [2.24, 2.45) is 30.5 Å². The molecule has 228 valence electrons. The molecule has 0 radical (unpaired) electrons. The number of methoxy groups -OCH3 is 1. The number of aryl methyl sites for hydroxylation is 1. The number of likely N-dealkylation sites (tertiary alicyclic amines) is 1. The molecule has 44 heavy (non-hydrogen) atoms. The van der Waals surface area contributed by atoms with E-state index in [4.69, 9.17) is 25.5 Å². The monoisotopic (exact) mass is 592 g/mol. The van der Waals surface area contributed by atoms with Crippen molar-refractivity contribution >= 4 is 28.0 Å². The van der Waals surface area contributed by atoms with E-state index in [1.165, 1.54) is 12.8 Å². The summed E-state index contributed by atoms with van der Waals surface area (Å²) in [7, 11) is 3.67. The van der Waals surface area contributed by atoms with Crippen LogP contribution in [0.2, 0.25) is 0 Å². The molecule has 2 N–H and O–H groups in total. The lowest BCUT2D eigenvalue weighted by atomic mass is 10.1. The van der Waals surface area contributed by atoms with Crippen LogP contribution >= 0.6 is 0 Å². The molecule has 2 bridgehead atoms. The summed E-state index contributed by atoms with van der Waals surface area (Å²) in [6.45, 7) is 6.88. The third kappa shape index (κ3) is 4.41. The molecule has 8 rings (SSSR count). The maximum Gasteiger partial charge on any atom is 0.254 e. The number of amides is 1. The summed E-state index contributed by atoms with van der Waals surface area (Å²) >= 11 is 0. The number of aromatic nitrogens is 6. The van der Waals surface area contributed by atoms with Crippen LogP contribution in [0, 0.1) is 17.8 Å². The van der Waals surface area contributed by atoms with E-state index < -0.39 is 0 Å². The van der Waals surface area contributed by atoms with Crippen LogP contribution in [-0.4, -0.2) is 65.4 Å². The highest BCUT2D eigenvalue weighted by molar-refractivity contribution is 6.00. The molecule has 2 aliphatic carbocycles. The van der Waals surface area contributed by atoms with Gasteiger partial charge in [-0.2, -0.15) is 5.10 Å². The number of fused-ring (bicyclic) bond motifs is 4. The third-order valence-corrected chi connectivity index (χ3v) is 9.88. The van der Waals surface area contributed by atoms with Crippen molar-refractivity contribution in [3.05, 3.63) is 48.2 Å². The number of piperidine rings is 1. The van der Waals surface area contributed by atoms with Gasteiger partial charge in [0.15, 0.2) is 5.82 Å². The number of carbonyl (C=O) groups is 1. The van der Waals surface area contributed by atoms with Gasteiger partial charge < -0.3 is 24.5 Å². The molecule has 3 fully saturated rings. The summed E-state index contributed by atoms with van der Waals surface area (Å²) < 4.78 is 12.3. The van der Waals surface area contributed by atoms with Crippen molar-refractivity contribution in [3.8, 4) is 28.7 Å². The maximum atomic E-state index is 13.7. The van der Waals surface area contributed by atoms with Crippen LogP contribution in [0.4, 0.5) is 0 Å². The van der Waals surface area contributed by atoms with E-state index in [2.05, 4.69) is 41.2 Å². The Morgan fingerprint density at radius 2 is 1.91 bits per heavy atom. The van der Waals surface area contributed by atoms with E-state index in [1.807, 2.05) is 41.0 Å². The molecule has 2 saturated carbocycles. The molecule has 0 spiro atoms. The van der Waals surface area contributed by atoms with Gasteiger partial charge in [0, 0.05) is 55.9 Å². The summed E-state index contributed by atoms with van der Waals surface area (Å²) in [6.07, 6.45) is 6.56. The lowest BCUT2D eigenvalue weighted by molar-refractivity contribution is 0.0700. The van der Waals surface area contributed by atoms with Gasteiger partial charge in [0.1, 0.15) is 22.6 Å². The summed E-state index contributed by atoms with van der Waals surface area (Å²) in [5.41, 5.74) is 12.3. The zero-order valence-corrected chi connectivity index (χ0v) is 25.9. The first kappa shape index (κ1) is 27.4. The van der Waals surface area contributed by atoms with Gasteiger partial charge >= 0.3 is 0 Å². The predicted molar refractivity (Wildman–Crippen MR) is 170 cm³/mol. The number of benzene rings is 1. The number of carbonyl (C=O) groups excluding carboxylic acids is 1. The second kappa shape index (κ2) is 10.2. The number of nitrogens with zero attached hydrogens (tertiary/aromatic N) is 7. The minimum absolute atomic E-state index is 0.00969. The van der Waals surface area contributed by atoms with Gasteiger partial charge in [0.2, 0.25) is 0 Å². The zero-order valence-electron chi connectivity index (χ0n) is 25.9. The molecular weight excluding hydrogens is 552 g/mol. The summed E-state index contributed by atoms with van der Waals surface area (Å²) in [5, 5.41) is 5.87. The standard InChI is InChI=1S/C34H40N8O2/c1-19(2)16-40-12-11-25(38-40)24-9-7-21-14-28(41(32(21)36-24)17-20-5-6-20)33-37-26-13-23(15-29(44-4)31(26)39(33)3)34(43)42-18-22-8-10-27(42)30(22)35/h7,9,11-15,19-20,22,27,30H,5-6,8,10,16-18,35H2,1-4H3/t22-,27-,30-/m1/s1. The minimum Gasteiger partial charge on any atom is -0.494 e. The van der Waals surface area contributed by atoms with E-state index in [9.17, 15) is 4.79 Å². The van der Waals surface area contributed by atoms with Crippen LogP contribution in [0.5, 0.6) is 5.75 Å². The molecule has 3 aliphatic rings. The minimum atomic E-state index is 0.00969. The number of imidazole rings is 1. The third-order valence-electron chi connectivity index (χ3n) is 9.88. The van der Waals surface area contributed by atoms with Crippen LogP contribution in [0.1, 0.15) is 49.9 Å². The zero-order chi connectivity index (χ0) is 30.3.